The molecule has 5 rings (SSSR count). The van der Waals surface area contributed by atoms with Gasteiger partial charge < -0.3 is 4.42 Å². The van der Waals surface area contributed by atoms with E-state index in [-0.39, 0.29) is 10.7 Å². The molecule has 1 aliphatic carbocycles. The normalized spacial score (nSPS) is 14.8. The van der Waals surface area contributed by atoms with E-state index in [1.165, 1.54) is 23.5 Å². The Kier molecular flexibility index (Phi) is 5.70. The van der Waals surface area contributed by atoms with Crippen LogP contribution in [0.5, 0.6) is 0 Å². The summed E-state index contributed by atoms with van der Waals surface area (Å²) in [4.78, 5) is 19.9. The van der Waals surface area contributed by atoms with Crippen LogP contribution in [0.25, 0.3) is 10.2 Å². The molecule has 0 atom stereocenters. The first-order valence-electron chi connectivity index (χ1n) is 10.8. The number of thiazole rings is 1. The summed E-state index contributed by atoms with van der Waals surface area (Å²) in [6, 6.07) is 14.2. The van der Waals surface area contributed by atoms with Crippen molar-refractivity contribution in [3.63, 3.8) is 0 Å². The van der Waals surface area contributed by atoms with Crippen molar-refractivity contribution in [3.05, 3.63) is 76.7 Å². The zero-order valence-electron chi connectivity index (χ0n) is 18.6. The number of benzene rings is 2. The summed E-state index contributed by atoms with van der Waals surface area (Å²) in [6.45, 7) is 3.67. The second kappa shape index (κ2) is 8.69. The smallest absolute Gasteiger partial charge is 0.293 e. The number of hydrazone groups is 1. The highest BCUT2D eigenvalue weighted by Crippen LogP contribution is 2.31. The van der Waals surface area contributed by atoms with Gasteiger partial charge in [-0.25, -0.2) is 4.98 Å². The van der Waals surface area contributed by atoms with E-state index in [0.29, 0.717) is 40.6 Å². The van der Waals surface area contributed by atoms with Gasteiger partial charge in [0.2, 0.25) is 0 Å². The molecule has 10 heteroatoms. The molecule has 8 nitrogen and oxygen atoms in total. The number of carbonyl (C=O) groups is 1. The van der Waals surface area contributed by atoms with Gasteiger partial charge in [-0.3, -0.25) is 10.1 Å². The number of anilines is 1. The fourth-order valence-corrected chi connectivity index (χ4v) is 5.65. The largest absolute Gasteiger partial charge is 0.455 e. The summed E-state index contributed by atoms with van der Waals surface area (Å²) in [5.41, 5.74) is 3.65. The van der Waals surface area contributed by atoms with Crippen LogP contribution in [0.3, 0.4) is 0 Å². The standard InChI is InChI=1S/C24H22N4O4S2/c1-14-10-12-16(13-11-14)34(30,31)28-27-18-7-5-8-19-21(18)15(2)22(32-19)23(29)26-24-25-17-6-3-4-9-20(17)33-24/h3-4,6,9-13,28H,5,7-8H2,1-2H3,(H,25,26,29)/b27-18+. The Labute approximate surface area is 200 Å². The minimum atomic E-state index is -3.81. The second-order valence-corrected chi connectivity index (χ2v) is 10.8. The Morgan fingerprint density at radius 3 is 2.62 bits per heavy atom. The minimum Gasteiger partial charge on any atom is -0.455 e. The van der Waals surface area contributed by atoms with E-state index in [1.807, 2.05) is 31.2 Å². The average molecular weight is 495 g/mol. The number of hydrogen-bond donors (Lipinski definition) is 2. The van der Waals surface area contributed by atoms with Gasteiger partial charge in [-0.15, -0.1) is 0 Å². The molecule has 174 valence electrons. The maximum absolute atomic E-state index is 13.0. The zero-order chi connectivity index (χ0) is 23.9. The molecule has 0 spiro atoms. The Bertz CT molecular complexity index is 1500. The average Bonchev–Trinajstić information content (AvgIpc) is 3.38. The lowest BCUT2D eigenvalue weighted by molar-refractivity contribution is 0.0994. The summed E-state index contributed by atoms with van der Waals surface area (Å²) in [5, 5.41) is 7.52. The van der Waals surface area contributed by atoms with Gasteiger partial charge in [-0.05, 0) is 51.0 Å². The number of nitrogens with one attached hydrogen (secondary N) is 2. The Morgan fingerprint density at radius 1 is 1.09 bits per heavy atom. The van der Waals surface area contributed by atoms with Crippen LogP contribution in [0.4, 0.5) is 5.13 Å². The SMILES string of the molecule is Cc1ccc(S(=O)(=O)N/N=C2\CCCc3oc(C(=O)Nc4nc5ccccc5s4)c(C)c32)cc1. The fourth-order valence-electron chi connectivity index (χ4n) is 3.96. The highest BCUT2D eigenvalue weighted by molar-refractivity contribution is 7.89. The van der Waals surface area contributed by atoms with Crippen LogP contribution in [0.1, 0.15) is 45.8 Å². The number of amides is 1. The van der Waals surface area contributed by atoms with Gasteiger partial charge in [0.05, 0.1) is 20.8 Å². The maximum atomic E-state index is 13.0. The molecule has 0 aliphatic heterocycles. The quantitative estimate of drug-likeness (QED) is 0.388. The molecule has 2 aromatic carbocycles. The molecule has 0 saturated heterocycles. The molecule has 4 aromatic rings. The van der Waals surface area contributed by atoms with Crippen LogP contribution in [0.2, 0.25) is 0 Å². The molecular weight excluding hydrogens is 472 g/mol. The molecule has 1 aliphatic rings. The van der Waals surface area contributed by atoms with Gasteiger partial charge in [0.25, 0.3) is 15.9 Å². The predicted molar refractivity (Wildman–Crippen MR) is 132 cm³/mol. The Hall–Kier alpha value is -3.50. The number of carbonyl (C=O) groups excluding carboxylic acids is 1. The first-order chi connectivity index (χ1) is 16.3. The van der Waals surface area contributed by atoms with Crippen molar-refractivity contribution in [2.24, 2.45) is 5.10 Å². The van der Waals surface area contributed by atoms with E-state index >= 15 is 0 Å². The zero-order valence-corrected chi connectivity index (χ0v) is 20.2. The fraction of sp³-hybridized carbons (Fsp3) is 0.208. The minimum absolute atomic E-state index is 0.137. The number of sulfonamides is 1. The number of nitrogens with zero attached hydrogens (tertiary/aromatic N) is 2. The molecule has 0 unspecified atom stereocenters. The molecular formula is C24H22N4O4S2. The third kappa shape index (κ3) is 4.22. The molecule has 1 amide bonds. The molecule has 0 fully saturated rings. The van der Waals surface area contributed by atoms with Gasteiger partial charge in [-0.1, -0.05) is 41.2 Å². The highest BCUT2D eigenvalue weighted by atomic mass is 32.2. The van der Waals surface area contributed by atoms with E-state index in [9.17, 15) is 13.2 Å². The first-order valence-corrected chi connectivity index (χ1v) is 13.1. The summed E-state index contributed by atoms with van der Waals surface area (Å²) in [5.74, 6) is 0.414. The molecule has 34 heavy (non-hydrogen) atoms. The van der Waals surface area contributed by atoms with Crippen molar-refractivity contribution in [1.29, 1.82) is 0 Å². The van der Waals surface area contributed by atoms with E-state index < -0.39 is 15.9 Å². The van der Waals surface area contributed by atoms with Crippen LogP contribution < -0.4 is 10.1 Å². The topological polar surface area (TPSA) is 114 Å². The van der Waals surface area contributed by atoms with Crippen LogP contribution in [-0.2, 0) is 16.4 Å². The molecule has 2 aromatic heterocycles. The van der Waals surface area contributed by atoms with Crippen LogP contribution in [-0.4, -0.2) is 25.0 Å². The number of rotatable bonds is 5. The van der Waals surface area contributed by atoms with Crippen molar-refractivity contribution < 1.29 is 17.6 Å². The monoisotopic (exact) mass is 494 g/mol. The van der Waals surface area contributed by atoms with Gasteiger partial charge in [0, 0.05) is 17.5 Å². The lowest BCUT2D eigenvalue weighted by atomic mass is 9.93. The summed E-state index contributed by atoms with van der Waals surface area (Å²) in [7, 11) is -3.81. The van der Waals surface area contributed by atoms with Crippen molar-refractivity contribution >= 4 is 48.3 Å². The summed E-state index contributed by atoms with van der Waals surface area (Å²) in [6.07, 6.45) is 1.96. The maximum Gasteiger partial charge on any atom is 0.293 e. The van der Waals surface area contributed by atoms with Gasteiger partial charge in [0.1, 0.15) is 5.76 Å². The summed E-state index contributed by atoms with van der Waals surface area (Å²) >= 11 is 1.39. The molecule has 0 bridgehead atoms. The van der Waals surface area contributed by atoms with Crippen molar-refractivity contribution in [1.82, 2.24) is 9.82 Å². The first kappa shape index (κ1) is 22.3. The molecule has 0 radical (unpaired) electrons. The molecule has 0 saturated carbocycles. The van der Waals surface area contributed by atoms with E-state index in [4.69, 9.17) is 4.42 Å². The third-order valence-corrected chi connectivity index (χ3v) is 7.85. The summed E-state index contributed by atoms with van der Waals surface area (Å²) < 4.78 is 32.2. The van der Waals surface area contributed by atoms with Crippen molar-refractivity contribution in [3.8, 4) is 0 Å². The van der Waals surface area contributed by atoms with Crippen molar-refractivity contribution in [2.45, 2.75) is 38.0 Å². The molecule has 2 heterocycles. The number of fused-ring (bicyclic) bond motifs is 2. The van der Waals surface area contributed by atoms with Crippen molar-refractivity contribution in [2.75, 3.05) is 5.32 Å². The molecule has 2 N–H and O–H groups in total. The number of aryl methyl sites for hydroxylation is 2. The van der Waals surface area contributed by atoms with Crippen LogP contribution in [0, 0.1) is 13.8 Å². The lowest BCUT2D eigenvalue weighted by Gasteiger charge is -2.14. The van der Waals surface area contributed by atoms with Gasteiger partial charge >= 0.3 is 0 Å². The number of para-hydroxylation sites is 1. The Morgan fingerprint density at radius 2 is 1.85 bits per heavy atom. The van der Waals surface area contributed by atoms with E-state index in [0.717, 1.165) is 22.2 Å². The number of furan rings is 1. The number of hydrogen-bond acceptors (Lipinski definition) is 7. The highest BCUT2D eigenvalue weighted by Gasteiger charge is 2.29. The second-order valence-electron chi connectivity index (χ2n) is 8.12. The Balaban J connectivity index is 1.40. The van der Waals surface area contributed by atoms with E-state index in [1.54, 1.807) is 19.1 Å². The lowest BCUT2D eigenvalue weighted by Crippen LogP contribution is -2.22. The third-order valence-electron chi connectivity index (χ3n) is 5.68. The van der Waals surface area contributed by atoms with Crippen LogP contribution in [0.15, 0.2) is 62.9 Å². The van der Waals surface area contributed by atoms with Gasteiger partial charge in [-0.2, -0.15) is 18.4 Å². The number of aromatic nitrogens is 1. The van der Waals surface area contributed by atoms with Crippen LogP contribution >= 0.6 is 11.3 Å². The predicted octanol–water partition coefficient (Wildman–Crippen LogP) is 4.78. The van der Waals surface area contributed by atoms with E-state index in [2.05, 4.69) is 20.2 Å². The van der Waals surface area contributed by atoms with Gasteiger partial charge in [0.15, 0.2) is 10.9 Å².